The smallest absolute Gasteiger partial charge is 0.326 e. The lowest BCUT2D eigenvalue weighted by molar-refractivity contribution is -0.145. The Morgan fingerprint density at radius 1 is 0.607 bits per heavy atom. The number of ketones is 4. The summed E-state index contributed by atoms with van der Waals surface area (Å²) in [5.41, 5.74) is 6.68. The van der Waals surface area contributed by atoms with Gasteiger partial charge in [-0.05, 0) is 71.1 Å². The molecule has 0 aromatic carbocycles. The van der Waals surface area contributed by atoms with Crippen molar-refractivity contribution in [2.24, 2.45) is 11.7 Å². The summed E-state index contributed by atoms with van der Waals surface area (Å²) in [5, 5.41) is 53.1. The Labute approximate surface area is 520 Å². The number of H-pyrrole nitrogens is 2. The highest BCUT2D eigenvalue weighted by molar-refractivity contribution is 7.90. The number of imidazole rings is 1. The fourth-order valence-electron chi connectivity index (χ4n) is 9.34. The molecule has 89 heavy (non-hydrogen) atoms. The fourth-order valence-corrected chi connectivity index (χ4v) is 10.4. The molecule has 31 heteroatoms. The van der Waals surface area contributed by atoms with E-state index in [1.54, 1.807) is 6.20 Å². The number of sulfonamides is 1. The summed E-state index contributed by atoms with van der Waals surface area (Å²) in [6, 6.07) is -4.27. The highest BCUT2D eigenvalue weighted by Gasteiger charge is 2.27. The van der Waals surface area contributed by atoms with Crippen molar-refractivity contribution in [3.63, 3.8) is 0 Å². The number of carbonyl (C=O) groups is 11. The number of aryl methyl sites for hydroxylation is 1. The molecule has 5 atom stereocenters. The number of ether oxygens (including phenoxy) is 2. The molecule has 0 bridgehead atoms. The Morgan fingerprint density at radius 2 is 1.21 bits per heavy atom. The predicted octanol–water partition coefficient (Wildman–Crippen LogP) is 2.65. The van der Waals surface area contributed by atoms with Gasteiger partial charge in [0.1, 0.15) is 36.0 Å². The van der Waals surface area contributed by atoms with Gasteiger partial charge in [-0.3, -0.25) is 47.9 Å². The number of aromatic nitrogens is 6. The van der Waals surface area contributed by atoms with Gasteiger partial charge in [0.05, 0.1) is 49.8 Å². The number of tetrazole rings is 1. The number of hydrogen-bond donors (Lipinski definition) is 11. The molecule has 0 aliphatic heterocycles. The molecular formula is C58H96N12O18S. The van der Waals surface area contributed by atoms with Crippen LogP contribution in [0.15, 0.2) is 12.5 Å². The molecule has 0 aliphatic carbocycles. The van der Waals surface area contributed by atoms with E-state index in [1.807, 2.05) is 4.72 Å². The summed E-state index contributed by atoms with van der Waals surface area (Å²) in [5.74, 6) is -9.04. The van der Waals surface area contributed by atoms with E-state index in [1.165, 1.54) is 45.4 Å². The number of amides is 4. The Balaban J connectivity index is 1.50. The van der Waals surface area contributed by atoms with E-state index < -0.39 is 106 Å². The van der Waals surface area contributed by atoms with Crippen molar-refractivity contribution in [3.8, 4) is 0 Å². The van der Waals surface area contributed by atoms with Crippen LogP contribution in [0.4, 0.5) is 0 Å². The third-order valence-electron chi connectivity index (χ3n) is 14.5. The van der Waals surface area contributed by atoms with Gasteiger partial charge in [-0.25, -0.2) is 23.0 Å². The quantitative estimate of drug-likeness (QED) is 0.0424. The number of nitrogens with zero attached hydrogens (tertiary/aromatic N) is 4. The van der Waals surface area contributed by atoms with Crippen molar-refractivity contribution >= 4 is 74.7 Å². The van der Waals surface area contributed by atoms with E-state index in [-0.39, 0.29) is 127 Å². The average Bonchev–Trinajstić information content (AvgIpc) is 4.28. The Hall–Kier alpha value is -6.96. The minimum atomic E-state index is -4.01. The van der Waals surface area contributed by atoms with Crippen LogP contribution in [0.25, 0.3) is 0 Å². The maximum atomic E-state index is 12.7. The number of Topliss-reactive ketones (excluding diaryl/α,β-unsaturated/α-hetero) is 4. The van der Waals surface area contributed by atoms with E-state index >= 15 is 0 Å². The first-order valence-electron chi connectivity index (χ1n) is 31.0. The lowest BCUT2D eigenvalue weighted by Crippen LogP contribution is -2.44. The number of aromatic amines is 2. The number of rotatable bonds is 58. The largest absolute Gasteiger partial charge is 0.481 e. The van der Waals surface area contributed by atoms with Crippen LogP contribution >= 0.6 is 0 Å². The highest BCUT2D eigenvalue weighted by atomic mass is 32.2. The summed E-state index contributed by atoms with van der Waals surface area (Å²) in [7, 11) is -4.01. The van der Waals surface area contributed by atoms with Gasteiger partial charge in [0.15, 0.2) is 11.6 Å². The third-order valence-corrected chi connectivity index (χ3v) is 15.9. The predicted molar refractivity (Wildman–Crippen MR) is 322 cm³/mol. The van der Waals surface area contributed by atoms with Crippen molar-refractivity contribution in [3.05, 3.63) is 24.0 Å². The molecule has 4 amide bonds. The molecule has 0 fully saturated rings. The number of unbranched alkanes of at least 4 members (excludes halogenated alkanes) is 13. The number of carboxylic acids is 3. The van der Waals surface area contributed by atoms with Crippen LogP contribution in [-0.4, -0.2) is 188 Å². The summed E-state index contributed by atoms with van der Waals surface area (Å²) < 4.78 is 37.6. The Bertz CT molecular complexity index is 2560. The molecule has 502 valence electrons. The number of nitrogens with two attached hydrogens (primary N) is 1. The first-order valence-corrected chi connectivity index (χ1v) is 32.7. The van der Waals surface area contributed by atoms with Crippen LogP contribution in [0.2, 0.25) is 0 Å². The zero-order valence-electron chi connectivity index (χ0n) is 51.4. The molecule has 0 aliphatic rings. The third kappa shape index (κ3) is 40.3. The van der Waals surface area contributed by atoms with E-state index in [4.69, 9.17) is 15.2 Å². The van der Waals surface area contributed by atoms with Crippen LogP contribution in [0.3, 0.4) is 0 Å². The number of carbonyl (C=O) groups excluding carboxylic acids is 8. The molecule has 30 nitrogen and oxygen atoms in total. The van der Waals surface area contributed by atoms with Crippen molar-refractivity contribution in [1.29, 1.82) is 0 Å². The second kappa shape index (κ2) is 47.1. The Kier molecular flexibility index (Phi) is 41.3. The Morgan fingerprint density at radius 3 is 1.81 bits per heavy atom. The molecule has 0 radical (unpaired) electrons. The lowest BCUT2D eigenvalue weighted by atomic mass is 9.94. The topological polar surface area (TPSA) is 470 Å². The summed E-state index contributed by atoms with van der Waals surface area (Å²) in [6.07, 6.45) is 17.4. The normalized spacial score (nSPS) is 13.1. The molecule has 2 aromatic rings. The molecule has 2 rings (SSSR count). The maximum absolute atomic E-state index is 12.7. The van der Waals surface area contributed by atoms with Gasteiger partial charge >= 0.3 is 17.9 Å². The van der Waals surface area contributed by atoms with Gasteiger partial charge in [-0.15, -0.1) is 10.2 Å². The molecule has 0 spiro atoms. The summed E-state index contributed by atoms with van der Waals surface area (Å²) in [4.78, 5) is 142. The van der Waals surface area contributed by atoms with E-state index in [2.05, 4.69) is 51.9 Å². The van der Waals surface area contributed by atoms with Gasteiger partial charge in [0.2, 0.25) is 33.7 Å². The molecule has 2 aromatic heterocycles. The zero-order chi connectivity index (χ0) is 65.7. The maximum Gasteiger partial charge on any atom is 0.326 e. The summed E-state index contributed by atoms with van der Waals surface area (Å²) >= 11 is 0. The van der Waals surface area contributed by atoms with E-state index in [0.29, 0.717) is 31.4 Å². The number of nitrogens with one attached hydrogen (secondary N) is 7. The first kappa shape index (κ1) is 78.1. The highest BCUT2D eigenvalue weighted by Crippen LogP contribution is 2.17. The monoisotopic (exact) mass is 1280 g/mol. The minimum Gasteiger partial charge on any atom is -0.481 e. The van der Waals surface area contributed by atoms with Crippen LogP contribution in [0.1, 0.15) is 198 Å². The van der Waals surface area contributed by atoms with E-state index in [9.17, 15) is 76.5 Å². The fraction of sp³-hybridized carbons (Fsp3) is 0.741. The van der Waals surface area contributed by atoms with Crippen molar-refractivity contribution in [2.45, 2.75) is 224 Å². The van der Waals surface area contributed by atoms with Crippen LogP contribution < -0.4 is 31.7 Å². The number of aliphatic carboxylic acids is 3. The van der Waals surface area contributed by atoms with Gasteiger partial charge < -0.3 is 56.8 Å². The molecule has 0 unspecified atom stereocenters. The van der Waals surface area contributed by atoms with Gasteiger partial charge in [0.25, 0.3) is 0 Å². The number of carboxylic acid groups (broad SMARTS) is 3. The van der Waals surface area contributed by atoms with Crippen molar-refractivity contribution < 1.29 is 86.0 Å². The SMILES string of the molecule is CC(=O)[C@H](CCCCNC(=O)CC[C@H](CC(=O)CC[C@H](NC(=O)COCCOCCCC(=O)CC[C@H](NC(=O)CCCS(=O)(=O)NC(=O)CCCCCCCCCCCCCCCc1nn[nH]n1)C(=O)O)C(=O)O)C(=O)O)NCC(=O)[C@@H](N)Cc1cnc[nH]1. The average molecular weight is 1280 g/mol. The van der Waals surface area contributed by atoms with Crippen molar-refractivity contribution in [1.82, 2.24) is 56.6 Å². The molecular weight excluding hydrogens is 1180 g/mol. The first-order chi connectivity index (χ1) is 42.5. The van der Waals surface area contributed by atoms with Gasteiger partial charge in [0, 0.05) is 82.8 Å². The lowest BCUT2D eigenvalue weighted by Gasteiger charge is -2.17. The van der Waals surface area contributed by atoms with Crippen LogP contribution in [0.5, 0.6) is 0 Å². The second-order valence-electron chi connectivity index (χ2n) is 22.2. The van der Waals surface area contributed by atoms with Crippen LogP contribution in [-0.2, 0) is 85.1 Å². The molecule has 2 heterocycles. The second-order valence-corrected chi connectivity index (χ2v) is 24.1. The van der Waals surface area contributed by atoms with Gasteiger partial charge in [-0.1, -0.05) is 75.8 Å². The van der Waals surface area contributed by atoms with E-state index in [0.717, 1.165) is 57.2 Å². The van der Waals surface area contributed by atoms with Crippen LogP contribution in [0, 0.1) is 5.92 Å². The standard InChI is InChI=1S/C58H96N12O18S/c1-41(71)47(62-38-50(74)46(59)36-43-37-60-40-63-43)20-15-16-30-61-52(75)29-24-42(56(79)80)35-45(73)26-28-49(58(83)84)65-55(78)39-88-33-32-87-31-17-19-44(72)25-27-48(57(81)82)64-53(76)23-18-34-89(85,86)68-54(77)22-14-12-10-8-6-4-2-3-5-7-9-11-13-21-51-66-69-70-67-51/h37,40,42,46-49,62H,2-36,38-39,59H2,1H3,(H,60,63)(H,61,75)(H,64,76)(H,65,78)(H,68,77)(H,79,80)(H,81,82)(H,83,84)(H,66,67,69,70)/t42-,46+,47+,48+,49+/m1/s1. The minimum absolute atomic E-state index is 0.00194. The van der Waals surface area contributed by atoms with Crippen molar-refractivity contribution in [2.75, 3.05) is 45.3 Å². The molecule has 0 saturated carbocycles. The molecule has 0 saturated heterocycles. The summed E-state index contributed by atoms with van der Waals surface area (Å²) in [6.45, 7) is 0.995. The molecule has 12 N–H and O–H groups in total. The zero-order valence-corrected chi connectivity index (χ0v) is 52.3. The number of hydrogen-bond acceptors (Lipinski definition) is 21. The van der Waals surface area contributed by atoms with Gasteiger partial charge in [-0.2, -0.15) is 5.21 Å².